The monoisotopic (exact) mass is 786 g/mol. The van der Waals surface area contributed by atoms with Crippen LogP contribution in [0.2, 0.25) is 0 Å². The Morgan fingerprint density at radius 1 is 0.417 bits per heavy atom. The van der Waals surface area contributed by atoms with Gasteiger partial charge in [-0.15, -0.1) is 11.3 Å². The molecule has 0 amide bonds. The summed E-state index contributed by atoms with van der Waals surface area (Å²) in [5, 5.41) is 7.53. The number of benzene rings is 8. The summed E-state index contributed by atoms with van der Waals surface area (Å²) >= 11 is 1.72. The van der Waals surface area contributed by atoms with Crippen LogP contribution in [0.5, 0.6) is 0 Å². The molecule has 8 aromatic carbocycles. The Labute approximate surface area is 346 Å². The van der Waals surface area contributed by atoms with E-state index in [4.69, 9.17) is 24.4 Å². The van der Waals surface area contributed by atoms with Gasteiger partial charge < -0.3 is 8.98 Å². The number of para-hydroxylation sites is 4. The summed E-state index contributed by atoms with van der Waals surface area (Å²) in [7, 11) is 0. The van der Waals surface area contributed by atoms with E-state index >= 15 is 0 Å². The molecule has 280 valence electrons. The first kappa shape index (κ1) is 33.1. The fourth-order valence-corrected chi connectivity index (χ4v) is 9.96. The molecule has 13 aromatic rings. The second kappa shape index (κ2) is 12.8. The van der Waals surface area contributed by atoms with Gasteiger partial charge in [0.15, 0.2) is 11.6 Å². The van der Waals surface area contributed by atoms with Crippen molar-refractivity contribution in [3.63, 3.8) is 0 Å². The molecule has 0 fully saturated rings. The van der Waals surface area contributed by atoms with Gasteiger partial charge in [-0.25, -0.2) is 9.97 Å². The van der Waals surface area contributed by atoms with Crippen LogP contribution >= 0.6 is 11.3 Å². The van der Waals surface area contributed by atoms with Crippen molar-refractivity contribution in [3.8, 4) is 45.0 Å². The first-order valence-corrected chi connectivity index (χ1v) is 20.7. The molecule has 0 spiro atoms. The Morgan fingerprint density at radius 3 is 1.83 bits per heavy atom. The third-order valence-electron chi connectivity index (χ3n) is 11.6. The lowest BCUT2D eigenvalue weighted by Crippen LogP contribution is -2.07. The standard InChI is InChI=1S/C52H30N6OS/c1-2-13-31(14-3-1)49-54-50(39-18-12-23-44-46(39)38-17-6-10-22-43(38)59-44)56-52(55-49)58-42-21-9-5-16-35(42)37-30-29-36-34-15-4-8-20-41(34)57(47(36)48(37)58)33-27-25-32(26-28-33)51-53-40-19-7-11-24-45(40)60-51/h1-30H. The maximum atomic E-state index is 6.34. The molecule has 0 unspecified atom stereocenters. The predicted octanol–water partition coefficient (Wildman–Crippen LogP) is 13.6. The van der Waals surface area contributed by atoms with Crippen LogP contribution < -0.4 is 0 Å². The quantitative estimate of drug-likeness (QED) is 0.174. The zero-order valence-corrected chi connectivity index (χ0v) is 32.6. The van der Waals surface area contributed by atoms with Gasteiger partial charge in [0.2, 0.25) is 5.95 Å². The zero-order valence-electron chi connectivity index (χ0n) is 31.8. The molecule has 0 aliphatic carbocycles. The number of hydrogen-bond donors (Lipinski definition) is 0. The zero-order chi connectivity index (χ0) is 39.3. The highest BCUT2D eigenvalue weighted by Gasteiger charge is 2.24. The number of fused-ring (bicyclic) bond motifs is 11. The van der Waals surface area contributed by atoms with E-state index in [-0.39, 0.29) is 0 Å². The fourth-order valence-electron chi connectivity index (χ4n) is 8.99. The highest BCUT2D eigenvalue weighted by atomic mass is 32.1. The Hall–Kier alpha value is -7.94. The molecule has 0 radical (unpaired) electrons. The average Bonchev–Trinajstić information content (AvgIpc) is 4.08. The molecular weight excluding hydrogens is 757 g/mol. The topological polar surface area (TPSA) is 74.6 Å². The minimum Gasteiger partial charge on any atom is -0.456 e. The lowest BCUT2D eigenvalue weighted by molar-refractivity contribution is 0.669. The van der Waals surface area contributed by atoms with Gasteiger partial charge in [-0.2, -0.15) is 9.97 Å². The molecule has 0 aliphatic rings. The van der Waals surface area contributed by atoms with E-state index in [1.54, 1.807) is 11.3 Å². The van der Waals surface area contributed by atoms with Crippen molar-refractivity contribution >= 4 is 87.1 Å². The Balaban J connectivity index is 1.12. The van der Waals surface area contributed by atoms with Crippen LogP contribution in [0.1, 0.15) is 0 Å². The van der Waals surface area contributed by atoms with E-state index in [1.165, 1.54) is 10.1 Å². The molecule has 0 saturated carbocycles. The number of aromatic nitrogens is 6. The van der Waals surface area contributed by atoms with E-state index in [9.17, 15) is 0 Å². The minimum absolute atomic E-state index is 0.533. The highest BCUT2D eigenvalue weighted by molar-refractivity contribution is 7.21. The average molecular weight is 787 g/mol. The van der Waals surface area contributed by atoms with Crippen molar-refractivity contribution in [1.82, 2.24) is 29.1 Å². The van der Waals surface area contributed by atoms with Crippen LogP contribution in [0.4, 0.5) is 0 Å². The summed E-state index contributed by atoms with van der Waals surface area (Å²) in [5.41, 5.74) is 10.8. The van der Waals surface area contributed by atoms with Gasteiger partial charge in [0.1, 0.15) is 16.2 Å². The van der Waals surface area contributed by atoms with Crippen molar-refractivity contribution in [3.05, 3.63) is 182 Å². The van der Waals surface area contributed by atoms with E-state index in [0.29, 0.717) is 17.6 Å². The summed E-state index contributed by atoms with van der Waals surface area (Å²) < 4.78 is 12.2. The number of hydrogen-bond acceptors (Lipinski definition) is 6. The molecule has 0 bridgehead atoms. The molecule has 0 saturated heterocycles. The van der Waals surface area contributed by atoms with Crippen molar-refractivity contribution in [2.75, 3.05) is 0 Å². The third kappa shape index (κ3) is 4.88. The summed E-state index contributed by atoms with van der Waals surface area (Å²) in [6.07, 6.45) is 0. The smallest absolute Gasteiger partial charge is 0.238 e. The Morgan fingerprint density at radius 2 is 1.05 bits per heavy atom. The maximum Gasteiger partial charge on any atom is 0.238 e. The van der Waals surface area contributed by atoms with Crippen LogP contribution in [0, 0.1) is 0 Å². The van der Waals surface area contributed by atoms with Crippen molar-refractivity contribution in [2.24, 2.45) is 0 Å². The normalized spacial score (nSPS) is 12.0. The number of nitrogens with zero attached hydrogens (tertiary/aromatic N) is 6. The van der Waals surface area contributed by atoms with Gasteiger partial charge in [-0.05, 0) is 60.7 Å². The van der Waals surface area contributed by atoms with Gasteiger partial charge in [-0.3, -0.25) is 4.57 Å². The SMILES string of the molecule is c1ccc(-c2nc(-c3cccc4oc5ccccc5c34)nc(-n3c4ccccc4c4ccc5c6ccccc6n(-c6ccc(-c7nc8ccccc8s7)cc6)c5c43)n2)cc1. The number of rotatable bonds is 5. The van der Waals surface area contributed by atoms with E-state index in [0.717, 1.165) is 93.1 Å². The van der Waals surface area contributed by atoms with Crippen molar-refractivity contribution in [1.29, 1.82) is 0 Å². The van der Waals surface area contributed by atoms with Gasteiger partial charge in [-0.1, -0.05) is 121 Å². The predicted molar refractivity (Wildman–Crippen MR) is 245 cm³/mol. The van der Waals surface area contributed by atoms with Gasteiger partial charge in [0.05, 0.1) is 32.3 Å². The summed E-state index contributed by atoms with van der Waals surface area (Å²) in [4.78, 5) is 20.9. The first-order chi connectivity index (χ1) is 29.7. The van der Waals surface area contributed by atoms with Crippen LogP contribution in [-0.2, 0) is 0 Å². The number of furan rings is 1. The third-order valence-corrected chi connectivity index (χ3v) is 12.7. The summed E-state index contributed by atoms with van der Waals surface area (Å²) in [6.45, 7) is 0. The van der Waals surface area contributed by atoms with Gasteiger partial charge in [0.25, 0.3) is 0 Å². The van der Waals surface area contributed by atoms with E-state index in [2.05, 4.69) is 137 Å². The van der Waals surface area contributed by atoms with E-state index < -0.39 is 0 Å². The molecule has 5 heterocycles. The second-order valence-corrected chi connectivity index (χ2v) is 16.1. The summed E-state index contributed by atoms with van der Waals surface area (Å²) in [6, 6.07) is 63.2. The molecular formula is C52H30N6OS. The van der Waals surface area contributed by atoms with Gasteiger partial charge in [0, 0.05) is 54.7 Å². The minimum atomic E-state index is 0.533. The molecule has 8 heteroatoms. The first-order valence-electron chi connectivity index (χ1n) is 19.9. The van der Waals surface area contributed by atoms with E-state index in [1.807, 2.05) is 54.6 Å². The molecule has 13 rings (SSSR count). The lowest BCUT2D eigenvalue weighted by Gasteiger charge is -2.13. The molecule has 0 aliphatic heterocycles. The Bertz CT molecular complexity index is 3810. The van der Waals surface area contributed by atoms with Crippen LogP contribution in [0.15, 0.2) is 186 Å². The second-order valence-electron chi connectivity index (χ2n) is 15.0. The molecule has 7 nitrogen and oxygen atoms in total. The summed E-state index contributed by atoms with van der Waals surface area (Å²) in [5.74, 6) is 1.69. The Kier molecular flexibility index (Phi) is 7.05. The highest BCUT2D eigenvalue weighted by Crippen LogP contribution is 2.43. The van der Waals surface area contributed by atoms with Crippen LogP contribution in [-0.4, -0.2) is 29.1 Å². The lowest BCUT2D eigenvalue weighted by atomic mass is 10.1. The van der Waals surface area contributed by atoms with Gasteiger partial charge >= 0.3 is 0 Å². The van der Waals surface area contributed by atoms with Crippen LogP contribution in [0.25, 0.3) is 121 Å². The van der Waals surface area contributed by atoms with Crippen LogP contribution in [0.3, 0.4) is 0 Å². The van der Waals surface area contributed by atoms with Crippen molar-refractivity contribution < 1.29 is 4.42 Å². The molecule has 0 N–H and O–H groups in total. The maximum absolute atomic E-state index is 6.34. The van der Waals surface area contributed by atoms with Crippen molar-refractivity contribution in [2.45, 2.75) is 0 Å². The molecule has 0 atom stereocenters. The molecule has 5 aromatic heterocycles. The fraction of sp³-hybridized carbons (Fsp3) is 0. The largest absolute Gasteiger partial charge is 0.456 e. The number of thiazole rings is 1. The molecule has 60 heavy (non-hydrogen) atoms.